The highest BCUT2D eigenvalue weighted by molar-refractivity contribution is 4.61. The van der Waals surface area contributed by atoms with Crippen LogP contribution in [0.2, 0.25) is 0 Å². The van der Waals surface area contributed by atoms with Crippen molar-refractivity contribution in [2.75, 3.05) is 19.7 Å². The Balaban J connectivity index is 3.41. The molecule has 0 unspecified atom stereocenters. The summed E-state index contributed by atoms with van der Waals surface area (Å²) in [5, 5.41) is 8.64. The predicted octanol–water partition coefficient (Wildman–Crippen LogP) is 2.66. The lowest BCUT2D eigenvalue weighted by Gasteiger charge is -2.25. The summed E-state index contributed by atoms with van der Waals surface area (Å²) in [5.74, 6) is 0. The van der Waals surface area contributed by atoms with Crippen molar-refractivity contribution in [1.29, 1.82) is 0 Å². The zero-order valence-electron chi connectivity index (χ0n) is 10.1. The van der Waals surface area contributed by atoms with Crippen LogP contribution < -0.4 is 0 Å². The number of hydrogen-bond acceptors (Lipinski definition) is 2. The Kier molecular flexibility index (Phi) is 9.42. The van der Waals surface area contributed by atoms with Crippen LogP contribution in [0.1, 0.15) is 52.9 Å². The molecule has 0 saturated heterocycles. The van der Waals surface area contributed by atoms with Crippen LogP contribution in [0.4, 0.5) is 0 Å². The van der Waals surface area contributed by atoms with Crippen LogP contribution in [0, 0.1) is 0 Å². The summed E-state index contributed by atoms with van der Waals surface area (Å²) >= 11 is 0. The van der Waals surface area contributed by atoms with Gasteiger partial charge in [0.25, 0.3) is 0 Å². The molecule has 0 aromatic carbocycles. The molecule has 0 radical (unpaired) electrons. The van der Waals surface area contributed by atoms with Crippen molar-refractivity contribution < 1.29 is 5.11 Å². The van der Waals surface area contributed by atoms with E-state index < -0.39 is 0 Å². The van der Waals surface area contributed by atoms with Gasteiger partial charge in [-0.25, -0.2) is 0 Å². The van der Waals surface area contributed by atoms with E-state index in [1.54, 1.807) is 0 Å². The average Bonchev–Trinajstić information content (AvgIpc) is 2.15. The van der Waals surface area contributed by atoms with Crippen LogP contribution in [-0.4, -0.2) is 35.7 Å². The fourth-order valence-corrected chi connectivity index (χ4v) is 1.70. The quantitative estimate of drug-likeness (QED) is 0.580. The van der Waals surface area contributed by atoms with E-state index in [0.717, 1.165) is 6.42 Å². The summed E-state index contributed by atoms with van der Waals surface area (Å²) < 4.78 is 0. The summed E-state index contributed by atoms with van der Waals surface area (Å²) in [7, 11) is 0. The summed E-state index contributed by atoms with van der Waals surface area (Å²) in [6.07, 6.45) is 5.92. The predicted molar refractivity (Wildman–Crippen MR) is 62.6 cm³/mol. The van der Waals surface area contributed by atoms with Crippen molar-refractivity contribution >= 4 is 0 Å². The van der Waals surface area contributed by atoms with Crippen LogP contribution in [0.3, 0.4) is 0 Å². The summed E-state index contributed by atoms with van der Waals surface area (Å²) in [6, 6.07) is 0.674. The molecule has 0 amide bonds. The van der Waals surface area contributed by atoms with E-state index in [2.05, 4.69) is 25.7 Å². The van der Waals surface area contributed by atoms with Crippen LogP contribution in [0.5, 0.6) is 0 Å². The number of unbranched alkanes of at least 4 members (excludes halogenated alkanes) is 3. The number of rotatable bonds is 9. The smallest absolute Gasteiger partial charge is 0.0431 e. The maximum atomic E-state index is 8.64. The largest absolute Gasteiger partial charge is 0.396 e. The Morgan fingerprint density at radius 1 is 1.00 bits per heavy atom. The standard InChI is InChI=1S/C12H27NO/c1-4-9-13(12(2)3)10-7-5-6-8-11-14/h12,14H,4-11H2,1-3H3. The third-order valence-corrected chi connectivity index (χ3v) is 2.59. The van der Waals surface area contributed by atoms with Gasteiger partial charge in [0.05, 0.1) is 0 Å². The molecule has 0 aromatic rings. The lowest BCUT2D eigenvalue weighted by atomic mass is 10.2. The maximum Gasteiger partial charge on any atom is 0.0431 e. The Morgan fingerprint density at radius 3 is 2.14 bits per heavy atom. The van der Waals surface area contributed by atoms with Gasteiger partial charge >= 0.3 is 0 Å². The Morgan fingerprint density at radius 2 is 1.64 bits per heavy atom. The summed E-state index contributed by atoms with van der Waals surface area (Å²) in [6.45, 7) is 9.56. The van der Waals surface area contributed by atoms with Gasteiger partial charge in [0.15, 0.2) is 0 Å². The van der Waals surface area contributed by atoms with Crippen molar-refractivity contribution in [3.63, 3.8) is 0 Å². The average molecular weight is 201 g/mol. The lowest BCUT2D eigenvalue weighted by Crippen LogP contribution is -2.32. The van der Waals surface area contributed by atoms with Gasteiger partial charge in [0.2, 0.25) is 0 Å². The fraction of sp³-hybridized carbons (Fsp3) is 1.00. The molecule has 0 fully saturated rings. The van der Waals surface area contributed by atoms with E-state index >= 15 is 0 Å². The molecule has 0 heterocycles. The molecule has 0 saturated carbocycles. The van der Waals surface area contributed by atoms with E-state index in [-0.39, 0.29) is 0 Å². The highest BCUT2D eigenvalue weighted by Crippen LogP contribution is 2.05. The SMILES string of the molecule is CCCN(CCCCCCO)C(C)C. The van der Waals surface area contributed by atoms with Gasteiger partial charge in [-0.3, -0.25) is 0 Å². The van der Waals surface area contributed by atoms with Gasteiger partial charge in [0.1, 0.15) is 0 Å². The van der Waals surface area contributed by atoms with Crippen molar-refractivity contribution in [3.05, 3.63) is 0 Å². The molecule has 0 bridgehead atoms. The van der Waals surface area contributed by atoms with Crippen LogP contribution in [0.25, 0.3) is 0 Å². The summed E-state index contributed by atoms with van der Waals surface area (Å²) in [4.78, 5) is 2.54. The van der Waals surface area contributed by atoms with Gasteiger partial charge in [-0.1, -0.05) is 19.8 Å². The number of aliphatic hydroxyl groups is 1. The first-order chi connectivity index (χ1) is 6.72. The molecule has 0 aliphatic rings. The van der Waals surface area contributed by atoms with Gasteiger partial charge in [-0.15, -0.1) is 0 Å². The molecule has 0 spiro atoms. The fourth-order valence-electron chi connectivity index (χ4n) is 1.70. The molecule has 0 aromatic heterocycles. The molecule has 14 heavy (non-hydrogen) atoms. The van der Waals surface area contributed by atoms with E-state index in [1.807, 2.05) is 0 Å². The summed E-state index contributed by atoms with van der Waals surface area (Å²) in [5.41, 5.74) is 0. The second-order valence-electron chi connectivity index (χ2n) is 4.27. The minimum Gasteiger partial charge on any atom is -0.396 e. The van der Waals surface area contributed by atoms with E-state index in [4.69, 9.17) is 5.11 Å². The van der Waals surface area contributed by atoms with Crippen LogP contribution >= 0.6 is 0 Å². The van der Waals surface area contributed by atoms with Crippen molar-refractivity contribution in [2.24, 2.45) is 0 Å². The van der Waals surface area contributed by atoms with Gasteiger partial charge < -0.3 is 10.0 Å². The van der Waals surface area contributed by atoms with E-state index in [9.17, 15) is 0 Å². The normalized spacial score (nSPS) is 11.6. The second-order valence-corrected chi connectivity index (χ2v) is 4.27. The third-order valence-electron chi connectivity index (χ3n) is 2.59. The first-order valence-corrected chi connectivity index (χ1v) is 6.07. The number of aliphatic hydroxyl groups excluding tert-OH is 1. The zero-order chi connectivity index (χ0) is 10.8. The monoisotopic (exact) mass is 201 g/mol. The molecule has 2 nitrogen and oxygen atoms in total. The molecule has 0 aliphatic heterocycles. The maximum absolute atomic E-state index is 8.64. The highest BCUT2D eigenvalue weighted by Gasteiger charge is 2.06. The molecule has 0 atom stereocenters. The first kappa shape index (κ1) is 13.9. The van der Waals surface area contributed by atoms with Crippen molar-refractivity contribution in [1.82, 2.24) is 4.90 Å². The van der Waals surface area contributed by atoms with Crippen LogP contribution in [-0.2, 0) is 0 Å². The molecular weight excluding hydrogens is 174 g/mol. The van der Waals surface area contributed by atoms with E-state index in [0.29, 0.717) is 12.6 Å². The Labute approximate surface area is 89.3 Å². The molecular formula is C12H27NO. The van der Waals surface area contributed by atoms with Crippen molar-refractivity contribution in [3.8, 4) is 0 Å². The lowest BCUT2D eigenvalue weighted by molar-refractivity contribution is 0.215. The highest BCUT2D eigenvalue weighted by atomic mass is 16.2. The number of hydrogen-bond donors (Lipinski definition) is 1. The third kappa shape index (κ3) is 7.34. The molecule has 1 N–H and O–H groups in total. The van der Waals surface area contributed by atoms with Gasteiger partial charge in [-0.05, 0) is 46.2 Å². The van der Waals surface area contributed by atoms with Gasteiger partial charge in [0, 0.05) is 12.6 Å². The second kappa shape index (κ2) is 9.47. The minimum atomic E-state index is 0.350. The van der Waals surface area contributed by atoms with Gasteiger partial charge in [-0.2, -0.15) is 0 Å². The first-order valence-electron chi connectivity index (χ1n) is 6.07. The molecule has 2 heteroatoms. The molecule has 86 valence electrons. The van der Waals surface area contributed by atoms with Crippen LogP contribution in [0.15, 0.2) is 0 Å². The Bertz CT molecular complexity index is 115. The molecule has 0 aliphatic carbocycles. The van der Waals surface area contributed by atoms with E-state index in [1.165, 1.54) is 38.8 Å². The van der Waals surface area contributed by atoms with Crippen molar-refractivity contribution in [2.45, 2.75) is 58.9 Å². The minimum absolute atomic E-state index is 0.350. The zero-order valence-corrected chi connectivity index (χ0v) is 10.1. The number of nitrogens with zero attached hydrogens (tertiary/aromatic N) is 1. The topological polar surface area (TPSA) is 23.5 Å². The molecule has 0 rings (SSSR count). The Hall–Kier alpha value is -0.0800.